The van der Waals surface area contributed by atoms with Gasteiger partial charge in [0.05, 0.1) is 18.9 Å². The molecule has 120 valence electrons. The van der Waals surface area contributed by atoms with Crippen LogP contribution in [0, 0.1) is 0 Å². The van der Waals surface area contributed by atoms with E-state index in [1.54, 1.807) is 26.0 Å². The molecule has 0 saturated carbocycles. The maximum atomic E-state index is 12.0. The molecule has 21 heavy (non-hydrogen) atoms. The predicted molar refractivity (Wildman–Crippen MR) is 82.9 cm³/mol. The third-order valence-corrected chi connectivity index (χ3v) is 5.28. The number of nitrogen functional groups attached to an aromatic ring is 1. The number of hydrogen-bond donors (Lipinski definition) is 1. The van der Waals surface area contributed by atoms with E-state index >= 15 is 0 Å². The Balaban J connectivity index is 3.35. The van der Waals surface area contributed by atoms with Crippen molar-refractivity contribution >= 4 is 37.8 Å². The number of carbonyl (C=O) groups excluding carboxylic acids is 1. The number of nitrogens with two attached hydrogens (primary N) is 1. The summed E-state index contributed by atoms with van der Waals surface area (Å²) in [5, 5.41) is 0.412. The van der Waals surface area contributed by atoms with Crippen LogP contribution in [0.1, 0.15) is 16.6 Å². The van der Waals surface area contributed by atoms with Crippen molar-refractivity contribution in [2.75, 3.05) is 50.8 Å². The van der Waals surface area contributed by atoms with Crippen molar-refractivity contribution in [2.24, 2.45) is 0 Å². The molecule has 2 N–H and O–H groups in total. The molecule has 0 aliphatic heterocycles. The van der Waals surface area contributed by atoms with Gasteiger partial charge in [-0.15, -0.1) is 11.3 Å². The Bertz CT molecular complexity index is 609. The van der Waals surface area contributed by atoms with Gasteiger partial charge in [0.1, 0.15) is 14.8 Å². The van der Waals surface area contributed by atoms with Crippen molar-refractivity contribution in [3.63, 3.8) is 0 Å². The van der Waals surface area contributed by atoms with E-state index in [1.165, 1.54) is 0 Å². The molecule has 1 heterocycles. The van der Waals surface area contributed by atoms with Gasteiger partial charge in [0.2, 0.25) is 0 Å². The lowest BCUT2D eigenvalue weighted by Gasteiger charge is -2.18. The van der Waals surface area contributed by atoms with Gasteiger partial charge in [-0.25, -0.2) is 13.2 Å². The molecular weight excluding hydrogens is 316 g/mol. The van der Waals surface area contributed by atoms with Crippen molar-refractivity contribution in [2.45, 2.75) is 11.8 Å². The van der Waals surface area contributed by atoms with E-state index in [2.05, 4.69) is 0 Å². The monoisotopic (exact) mass is 336 g/mol. The van der Waals surface area contributed by atoms with Gasteiger partial charge in [-0.1, -0.05) is 0 Å². The van der Waals surface area contributed by atoms with Crippen LogP contribution in [0.4, 0.5) is 10.7 Å². The largest absolute Gasteiger partial charge is 0.462 e. The third kappa shape index (κ3) is 4.08. The van der Waals surface area contributed by atoms with Crippen molar-refractivity contribution in [1.82, 2.24) is 0 Å². The highest BCUT2D eigenvalue weighted by molar-refractivity contribution is 7.91. The molecular formula is C12H20N2O5S2. The Morgan fingerprint density at radius 2 is 2.05 bits per heavy atom. The normalized spacial score (nSPS) is 11.4. The molecule has 0 aliphatic rings. The number of anilines is 2. The summed E-state index contributed by atoms with van der Waals surface area (Å²) in [7, 11) is -0.297. The van der Waals surface area contributed by atoms with Gasteiger partial charge in [-0.05, 0) is 6.92 Å². The Labute approximate surface area is 128 Å². The molecule has 1 aromatic heterocycles. The summed E-state index contributed by atoms with van der Waals surface area (Å²) in [5.41, 5.74) is 5.81. The number of methoxy groups -OCH3 is 1. The zero-order valence-electron chi connectivity index (χ0n) is 12.5. The van der Waals surface area contributed by atoms with Crippen LogP contribution in [0.5, 0.6) is 0 Å². The van der Waals surface area contributed by atoms with Gasteiger partial charge in [-0.2, -0.15) is 0 Å². The van der Waals surface area contributed by atoms with Gasteiger partial charge >= 0.3 is 5.97 Å². The van der Waals surface area contributed by atoms with Crippen LogP contribution in [0.15, 0.2) is 4.90 Å². The summed E-state index contributed by atoms with van der Waals surface area (Å²) in [6.07, 6.45) is 1.06. The highest BCUT2D eigenvalue weighted by Gasteiger charge is 2.29. The highest BCUT2D eigenvalue weighted by atomic mass is 32.2. The first-order valence-electron chi connectivity index (χ1n) is 6.23. The SMILES string of the molecule is CCOC(=O)c1sc(N(C)CCOC)c(S(C)(=O)=O)c1N. The molecule has 7 nitrogen and oxygen atoms in total. The minimum Gasteiger partial charge on any atom is -0.462 e. The lowest BCUT2D eigenvalue weighted by atomic mass is 10.4. The van der Waals surface area contributed by atoms with E-state index in [0.29, 0.717) is 18.2 Å². The second-order valence-corrected chi connectivity index (χ2v) is 7.34. The Hall–Kier alpha value is -1.32. The van der Waals surface area contributed by atoms with Gasteiger partial charge in [0.15, 0.2) is 9.84 Å². The number of thiophene rings is 1. The molecule has 0 aliphatic carbocycles. The van der Waals surface area contributed by atoms with Crippen LogP contribution in [0.25, 0.3) is 0 Å². The number of rotatable bonds is 7. The van der Waals surface area contributed by atoms with Crippen LogP contribution in [0.2, 0.25) is 0 Å². The van der Waals surface area contributed by atoms with Crippen molar-refractivity contribution in [3.8, 4) is 0 Å². The summed E-state index contributed by atoms with van der Waals surface area (Å²) < 4.78 is 33.8. The molecule has 0 aromatic carbocycles. The van der Waals surface area contributed by atoms with Crippen LogP contribution in [0.3, 0.4) is 0 Å². The number of carbonyl (C=O) groups is 1. The number of nitrogens with zero attached hydrogens (tertiary/aromatic N) is 1. The summed E-state index contributed by atoms with van der Waals surface area (Å²) >= 11 is 1.01. The number of hydrogen-bond acceptors (Lipinski definition) is 8. The second-order valence-electron chi connectivity index (χ2n) is 4.39. The van der Waals surface area contributed by atoms with Crippen LogP contribution in [-0.4, -0.2) is 54.6 Å². The zero-order chi connectivity index (χ0) is 16.2. The first-order chi connectivity index (χ1) is 9.73. The molecule has 0 fully saturated rings. The summed E-state index contributed by atoms with van der Waals surface area (Å²) in [5.74, 6) is -0.615. The minimum absolute atomic E-state index is 0.0332. The summed E-state index contributed by atoms with van der Waals surface area (Å²) in [4.78, 5) is 13.6. The van der Waals surface area contributed by atoms with E-state index < -0.39 is 15.8 Å². The minimum atomic E-state index is -3.57. The van der Waals surface area contributed by atoms with Crippen molar-refractivity contribution in [1.29, 1.82) is 0 Å². The van der Waals surface area contributed by atoms with Crippen LogP contribution >= 0.6 is 11.3 Å². The average molecular weight is 336 g/mol. The number of ether oxygens (including phenoxy) is 2. The molecule has 0 bridgehead atoms. The second kappa shape index (κ2) is 7.10. The maximum Gasteiger partial charge on any atom is 0.350 e. The fourth-order valence-corrected chi connectivity index (χ4v) is 4.32. The van der Waals surface area contributed by atoms with E-state index in [1.807, 2.05) is 0 Å². The molecule has 0 radical (unpaired) electrons. The molecule has 9 heteroatoms. The Kier molecular flexibility index (Phi) is 5.99. The molecule has 0 saturated heterocycles. The topological polar surface area (TPSA) is 98.9 Å². The predicted octanol–water partition coefficient (Wildman–Crippen LogP) is 0.993. The quantitative estimate of drug-likeness (QED) is 0.741. The molecule has 0 unspecified atom stereocenters. The fourth-order valence-electron chi connectivity index (χ4n) is 1.70. The lowest BCUT2D eigenvalue weighted by Crippen LogP contribution is -2.22. The molecule has 0 spiro atoms. The highest BCUT2D eigenvalue weighted by Crippen LogP contribution is 2.41. The smallest absolute Gasteiger partial charge is 0.350 e. The van der Waals surface area contributed by atoms with E-state index in [-0.39, 0.29) is 22.1 Å². The summed E-state index contributed by atoms with van der Waals surface area (Å²) in [6.45, 7) is 2.76. The van der Waals surface area contributed by atoms with Crippen LogP contribution < -0.4 is 10.6 Å². The van der Waals surface area contributed by atoms with E-state index in [9.17, 15) is 13.2 Å². The first kappa shape index (κ1) is 17.7. The van der Waals surface area contributed by atoms with Crippen molar-refractivity contribution in [3.05, 3.63) is 4.88 Å². The van der Waals surface area contributed by atoms with E-state index in [0.717, 1.165) is 17.6 Å². The summed E-state index contributed by atoms with van der Waals surface area (Å²) in [6, 6.07) is 0. The van der Waals surface area contributed by atoms with Crippen LogP contribution in [-0.2, 0) is 19.3 Å². The third-order valence-electron chi connectivity index (χ3n) is 2.69. The number of esters is 1. The Morgan fingerprint density at radius 1 is 1.43 bits per heavy atom. The average Bonchev–Trinajstić information content (AvgIpc) is 2.73. The molecule has 1 rings (SSSR count). The molecule has 0 atom stereocenters. The zero-order valence-corrected chi connectivity index (χ0v) is 14.1. The van der Waals surface area contributed by atoms with Gasteiger partial charge in [-0.3, -0.25) is 0 Å². The fraction of sp³-hybridized carbons (Fsp3) is 0.583. The van der Waals surface area contributed by atoms with Gasteiger partial charge < -0.3 is 20.1 Å². The Morgan fingerprint density at radius 3 is 2.52 bits per heavy atom. The van der Waals surface area contributed by atoms with Crippen molar-refractivity contribution < 1.29 is 22.7 Å². The maximum absolute atomic E-state index is 12.0. The first-order valence-corrected chi connectivity index (χ1v) is 8.94. The number of sulfone groups is 1. The lowest BCUT2D eigenvalue weighted by molar-refractivity contribution is 0.0533. The number of likely N-dealkylation sites (N-methyl/N-ethyl adjacent to an activating group) is 1. The van der Waals surface area contributed by atoms with E-state index in [4.69, 9.17) is 15.2 Å². The molecule has 1 aromatic rings. The molecule has 0 amide bonds. The standard InChI is InChI=1S/C12H20N2O5S2/c1-5-19-12(15)9-8(13)10(21(4,16)17)11(20-9)14(2)6-7-18-3/h5-7,13H2,1-4H3. The van der Waals surface area contributed by atoms with Gasteiger partial charge in [0, 0.05) is 27.0 Å². The van der Waals surface area contributed by atoms with Gasteiger partial charge in [0.25, 0.3) is 0 Å².